The molecule has 0 saturated heterocycles. The molecule has 5 nitrogen and oxygen atoms in total. The Kier molecular flexibility index (Phi) is 6.34. The lowest BCUT2D eigenvalue weighted by Crippen LogP contribution is -2.36. The topological polar surface area (TPSA) is 79.3 Å². The molecule has 1 atom stereocenters. The summed E-state index contributed by atoms with van der Waals surface area (Å²) in [5.41, 5.74) is 3.09. The zero-order valence-corrected chi connectivity index (χ0v) is 14.8. The molecule has 1 unspecified atom stereocenters. The monoisotopic (exact) mass is 368 g/mol. The maximum Gasteiger partial charge on any atom is 0.312 e. The normalized spacial score (nSPS) is 17.0. The maximum atomic E-state index is 11.2. The summed E-state index contributed by atoms with van der Waals surface area (Å²) in [6.45, 7) is 0.685. The fourth-order valence-electron chi connectivity index (χ4n) is 2.95. The molecule has 1 aromatic carbocycles. The summed E-state index contributed by atoms with van der Waals surface area (Å²) in [7, 11) is -4.24. The number of fused-ring (bicyclic) bond motifs is 1. The van der Waals surface area contributed by atoms with Crippen molar-refractivity contribution < 1.29 is 13.0 Å². The molecule has 2 N–H and O–H groups in total. The van der Waals surface area contributed by atoms with Gasteiger partial charge in [0.1, 0.15) is 0 Å². The van der Waals surface area contributed by atoms with Gasteiger partial charge in [-0.2, -0.15) is 8.42 Å². The summed E-state index contributed by atoms with van der Waals surface area (Å²) in [4.78, 5) is 4.12. The van der Waals surface area contributed by atoms with Crippen LogP contribution in [0.15, 0.2) is 47.5 Å². The standard InChI is InChI=1S/C17H20N2O3S.ClH/c20-23(21,22)17-10-9-14-12-18-15(11-16(14)19-17)8-4-7-13-5-2-1-3-6-13;/h1-3,5-6,9-10,15,18H,4,7-8,11-12H2,(H,20,21,22);1H. The Morgan fingerprint density at radius 3 is 2.62 bits per heavy atom. The molecule has 3 rings (SSSR count). The molecule has 2 heterocycles. The summed E-state index contributed by atoms with van der Waals surface area (Å²) in [6, 6.07) is 13.7. The minimum absolute atomic E-state index is 0. The third-order valence-corrected chi connectivity index (χ3v) is 4.94. The molecule has 0 radical (unpaired) electrons. The maximum absolute atomic E-state index is 11.2. The summed E-state index contributed by atoms with van der Waals surface area (Å²) >= 11 is 0. The van der Waals surface area contributed by atoms with E-state index >= 15 is 0 Å². The first-order chi connectivity index (χ1) is 11.0. The molecular formula is C17H21ClN2O3S. The number of benzene rings is 1. The van der Waals surface area contributed by atoms with Crippen molar-refractivity contribution in [2.75, 3.05) is 0 Å². The van der Waals surface area contributed by atoms with E-state index in [0.29, 0.717) is 13.0 Å². The highest BCUT2D eigenvalue weighted by atomic mass is 35.5. The Labute approximate surface area is 148 Å². The summed E-state index contributed by atoms with van der Waals surface area (Å²) in [5.74, 6) is 0. The van der Waals surface area contributed by atoms with Gasteiger partial charge in [0.05, 0.1) is 0 Å². The van der Waals surface area contributed by atoms with Gasteiger partial charge in [0.25, 0.3) is 0 Å². The van der Waals surface area contributed by atoms with Crippen LogP contribution in [0.5, 0.6) is 0 Å². The van der Waals surface area contributed by atoms with Gasteiger partial charge in [-0.05, 0) is 36.5 Å². The van der Waals surface area contributed by atoms with Gasteiger partial charge in [-0.3, -0.25) is 4.55 Å². The highest BCUT2D eigenvalue weighted by Crippen LogP contribution is 2.20. The molecule has 1 aliphatic rings. The van der Waals surface area contributed by atoms with Crippen LogP contribution in [0, 0.1) is 0 Å². The fraction of sp³-hybridized carbons (Fsp3) is 0.353. The predicted octanol–water partition coefficient (Wildman–Crippen LogP) is 2.79. The van der Waals surface area contributed by atoms with Crippen molar-refractivity contribution in [3.63, 3.8) is 0 Å². The van der Waals surface area contributed by atoms with Crippen LogP contribution in [-0.2, 0) is 29.5 Å². The van der Waals surface area contributed by atoms with Gasteiger partial charge < -0.3 is 5.32 Å². The second-order valence-corrected chi connectivity index (χ2v) is 7.26. The molecule has 0 fully saturated rings. The fourth-order valence-corrected chi connectivity index (χ4v) is 3.42. The van der Waals surface area contributed by atoms with Gasteiger partial charge in [0.15, 0.2) is 5.03 Å². The van der Waals surface area contributed by atoms with E-state index in [1.54, 1.807) is 6.07 Å². The Balaban J connectivity index is 0.00000208. The van der Waals surface area contributed by atoms with Crippen LogP contribution >= 0.6 is 12.4 Å². The van der Waals surface area contributed by atoms with Crippen LogP contribution in [0.4, 0.5) is 0 Å². The predicted molar refractivity (Wildman–Crippen MR) is 95.0 cm³/mol. The van der Waals surface area contributed by atoms with E-state index in [2.05, 4.69) is 22.4 Å². The van der Waals surface area contributed by atoms with Crippen molar-refractivity contribution in [3.05, 3.63) is 59.3 Å². The van der Waals surface area contributed by atoms with Gasteiger partial charge >= 0.3 is 10.1 Å². The summed E-state index contributed by atoms with van der Waals surface area (Å²) in [6.07, 6.45) is 3.79. The van der Waals surface area contributed by atoms with E-state index in [4.69, 9.17) is 4.55 Å². The Bertz CT molecular complexity index is 782. The number of hydrogen-bond acceptors (Lipinski definition) is 4. The molecule has 0 saturated carbocycles. The van der Waals surface area contributed by atoms with Gasteiger partial charge in [0.2, 0.25) is 0 Å². The molecule has 0 aliphatic carbocycles. The Morgan fingerprint density at radius 2 is 1.92 bits per heavy atom. The third kappa shape index (κ3) is 4.77. The molecule has 1 aromatic heterocycles. The number of hydrogen-bond donors (Lipinski definition) is 2. The first-order valence-corrected chi connectivity index (χ1v) is 9.20. The summed E-state index contributed by atoms with van der Waals surface area (Å²) < 4.78 is 31.5. The van der Waals surface area contributed by atoms with Crippen molar-refractivity contribution >= 4 is 22.5 Å². The lowest BCUT2D eigenvalue weighted by Gasteiger charge is -2.25. The lowest BCUT2D eigenvalue weighted by molar-refractivity contribution is 0.431. The highest BCUT2D eigenvalue weighted by Gasteiger charge is 2.21. The van der Waals surface area contributed by atoms with Crippen molar-refractivity contribution in [2.24, 2.45) is 0 Å². The van der Waals surface area contributed by atoms with Crippen LogP contribution in [0.25, 0.3) is 0 Å². The minimum atomic E-state index is -4.24. The lowest BCUT2D eigenvalue weighted by atomic mass is 9.96. The SMILES string of the molecule is Cl.O=S(=O)(O)c1ccc2c(n1)CC(CCCc1ccccc1)NC2. The molecule has 2 aromatic rings. The molecular weight excluding hydrogens is 348 g/mol. The molecule has 130 valence electrons. The van der Waals surface area contributed by atoms with Crippen LogP contribution in [0.1, 0.15) is 29.7 Å². The second kappa shape index (κ2) is 8.07. The van der Waals surface area contributed by atoms with E-state index in [0.717, 1.165) is 30.5 Å². The van der Waals surface area contributed by atoms with E-state index in [1.165, 1.54) is 11.6 Å². The number of aromatic nitrogens is 1. The zero-order chi connectivity index (χ0) is 16.3. The van der Waals surface area contributed by atoms with E-state index in [1.807, 2.05) is 18.2 Å². The molecule has 0 amide bonds. The number of pyridine rings is 1. The van der Waals surface area contributed by atoms with Crippen LogP contribution < -0.4 is 5.32 Å². The van der Waals surface area contributed by atoms with Crippen LogP contribution in [0.3, 0.4) is 0 Å². The smallest absolute Gasteiger partial charge is 0.309 e. The minimum Gasteiger partial charge on any atom is -0.309 e. The number of nitrogens with one attached hydrogen (secondary N) is 1. The average Bonchev–Trinajstić information content (AvgIpc) is 2.54. The van der Waals surface area contributed by atoms with E-state index < -0.39 is 10.1 Å². The molecule has 0 spiro atoms. The number of halogens is 1. The Hall–Kier alpha value is -1.47. The van der Waals surface area contributed by atoms with Crippen molar-refractivity contribution in [1.29, 1.82) is 0 Å². The van der Waals surface area contributed by atoms with Gasteiger partial charge in [-0.15, -0.1) is 12.4 Å². The van der Waals surface area contributed by atoms with Crippen molar-refractivity contribution in [1.82, 2.24) is 10.3 Å². The number of nitrogens with zero attached hydrogens (tertiary/aromatic N) is 1. The molecule has 24 heavy (non-hydrogen) atoms. The molecule has 7 heteroatoms. The van der Waals surface area contributed by atoms with E-state index in [9.17, 15) is 8.42 Å². The highest BCUT2D eigenvalue weighted by molar-refractivity contribution is 7.85. The van der Waals surface area contributed by atoms with Gasteiger partial charge in [-0.1, -0.05) is 36.4 Å². The molecule has 1 aliphatic heterocycles. The van der Waals surface area contributed by atoms with Crippen molar-refractivity contribution in [3.8, 4) is 0 Å². The first-order valence-electron chi connectivity index (χ1n) is 7.76. The third-order valence-electron chi connectivity index (χ3n) is 4.19. The number of aryl methyl sites for hydroxylation is 1. The van der Waals surface area contributed by atoms with Gasteiger partial charge in [0, 0.05) is 24.7 Å². The average molecular weight is 369 g/mol. The summed E-state index contributed by atoms with van der Waals surface area (Å²) in [5, 5.41) is 3.21. The quantitative estimate of drug-likeness (QED) is 0.793. The van der Waals surface area contributed by atoms with Crippen LogP contribution in [0.2, 0.25) is 0 Å². The first kappa shape index (κ1) is 18.9. The molecule has 0 bridgehead atoms. The second-order valence-electron chi connectivity index (χ2n) is 5.89. The number of rotatable bonds is 5. The van der Waals surface area contributed by atoms with Gasteiger partial charge in [-0.25, -0.2) is 4.98 Å². The van der Waals surface area contributed by atoms with E-state index in [-0.39, 0.29) is 23.5 Å². The largest absolute Gasteiger partial charge is 0.312 e. The van der Waals surface area contributed by atoms with Crippen molar-refractivity contribution in [2.45, 2.75) is 43.3 Å². The van der Waals surface area contributed by atoms with Crippen LogP contribution in [-0.4, -0.2) is 24.0 Å². The Morgan fingerprint density at radius 1 is 1.17 bits per heavy atom. The zero-order valence-electron chi connectivity index (χ0n) is 13.2.